The Balaban J connectivity index is 2.21. The van der Waals surface area contributed by atoms with Crippen molar-refractivity contribution in [1.29, 1.82) is 5.26 Å². The van der Waals surface area contributed by atoms with E-state index in [0.29, 0.717) is 17.5 Å². The monoisotopic (exact) mass is 346 g/mol. The van der Waals surface area contributed by atoms with E-state index in [0.717, 1.165) is 12.1 Å². The molecule has 3 N–H and O–H groups in total. The van der Waals surface area contributed by atoms with Crippen LogP contribution in [0, 0.1) is 11.3 Å². The molecule has 8 heteroatoms. The van der Waals surface area contributed by atoms with Gasteiger partial charge in [-0.15, -0.1) is 5.10 Å². The number of aryl methyl sites for hydroxylation is 1. The fourth-order valence-corrected chi connectivity index (χ4v) is 2.98. The zero-order chi connectivity index (χ0) is 18.0. The lowest BCUT2D eigenvalue weighted by molar-refractivity contribution is -0.0504. The van der Waals surface area contributed by atoms with E-state index in [1.54, 1.807) is 18.2 Å². The molecular weight excluding hydrogens is 330 g/mol. The number of para-hydroxylation sites is 1. The first-order valence-electron chi connectivity index (χ1n) is 7.75. The van der Waals surface area contributed by atoms with Gasteiger partial charge in [0.05, 0.1) is 11.5 Å². The number of hydrogen-bond acceptors (Lipinski definition) is 5. The number of nitrogens with two attached hydrogens (primary N) is 1. The van der Waals surface area contributed by atoms with Crippen LogP contribution in [-0.2, 0) is 6.42 Å². The summed E-state index contributed by atoms with van der Waals surface area (Å²) in [5.74, 6) is -0.554. The molecule has 25 heavy (non-hydrogen) atoms. The van der Waals surface area contributed by atoms with Crippen molar-refractivity contribution in [2.45, 2.75) is 32.3 Å². The summed E-state index contributed by atoms with van der Waals surface area (Å²) in [7, 11) is 0. The number of aromatic amines is 1. The van der Waals surface area contributed by atoms with Crippen LogP contribution in [0.3, 0.4) is 0 Å². The SMILES string of the molecule is CCCc1[nH]nc2c1[C@H](c1ccccc1OC(F)F)C(C#N)=C(N)O2. The molecule has 0 spiro atoms. The normalized spacial score (nSPS) is 16.4. The number of benzene rings is 1. The third-order valence-corrected chi connectivity index (χ3v) is 3.96. The molecule has 0 bridgehead atoms. The molecule has 0 fully saturated rings. The molecule has 0 saturated heterocycles. The maximum absolute atomic E-state index is 12.8. The summed E-state index contributed by atoms with van der Waals surface area (Å²) >= 11 is 0. The molecule has 1 aromatic carbocycles. The van der Waals surface area contributed by atoms with Crippen molar-refractivity contribution in [3.63, 3.8) is 0 Å². The topological polar surface area (TPSA) is 97.0 Å². The van der Waals surface area contributed by atoms with Crippen LogP contribution in [0.5, 0.6) is 11.6 Å². The highest BCUT2D eigenvalue weighted by Gasteiger charge is 2.36. The van der Waals surface area contributed by atoms with Gasteiger partial charge < -0.3 is 15.2 Å². The molecule has 0 amide bonds. The lowest BCUT2D eigenvalue weighted by Gasteiger charge is -2.25. The lowest BCUT2D eigenvalue weighted by Crippen LogP contribution is -2.22. The molecule has 130 valence electrons. The number of nitrogens with zero attached hydrogens (tertiary/aromatic N) is 2. The van der Waals surface area contributed by atoms with Gasteiger partial charge in [-0.3, -0.25) is 5.10 Å². The van der Waals surface area contributed by atoms with Crippen molar-refractivity contribution in [2.75, 3.05) is 0 Å². The van der Waals surface area contributed by atoms with E-state index < -0.39 is 12.5 Å². The van der Waals surface area contributed by atoms with Crippen molar-refractivity contribution in [2.24, 2.45) is 5.73 Å². The molecule has 1 aromatic heterocycles. The van der Waals surface area contributed by atoms with Gasteiger partial charge in [0.25, 0.3) is 0 Å². The number of aromatic nitrogens is 2. The van der Waals surface area contributed by atoms with Crippen LogP contribution in [0.4, 0.5) is 8.78 Å². The summed E-state index contributed by atoms with van der Waals surface area (Å²) in [6.07, 6.45) is 1.50. The summed E-state index contributed by atoms with van der Waals surface area (Å²) in [5, 5.41) is 16.6. The summed E-state index contributed by atoms with van der Waals surface area (Å²) in [6, 6.07) is 8.36. The van der Waals surface area contributed by atoms with Gasteiger partial charge in [-0.25, -0.2) is 0 Å². The molecular formula is C17H16F2N4O2. The molecule has 0 saturated carbocycles. The minimum atomic E-state index is -2.98. The fourth-order valence-electron chi connectivity index (χ4n) is 2.98. The van der Waals surface area contributed by atoms with Crippen LogP contribution in [0.1, 0.15) is 36.1 Å². The molecule has 0 radical (unpaired) electrons. The summed E-state index contributed by atoms with van der Waals surface area (Å²) < 4.78 is 35.7. The number of halogens is 2. The van der Waals surface area contributed by atoms with E-state index in [9.17, 15) is 14.0 Å². The Labute approximate surface area is 142 Å². The smallest absolute Gasteiger partial charge is 0.387 e. The van der Waals surface area contributed by atoms with Gasteiger partial charge >= 0.3 is 6.61 Å². The number of nitrogens with one attached hydrogen (secondary N) is 1. The highest BCUT2D eigenvalue weighted by Crippen LogP contribution is 2.45. The average molecular weight is 346 g/mol. The predicted molar refractivity (Wildman–Crippen MR) is 85.0 cm³/mol. The highest BCUT2D eigenvalue weighted by molar-refractivity contribution is 5.58. The lowest BCUT2D eigenvalue weighted by atomic mass is 9.83. The number of ether oxygens (including phenoxy) is 2. The zero-order valence-electron chi connectivity index (χ0n) is 13.4. The molecule has 0 unspecified atom stereocenters. The Morgan fingerprint density at radius 3 is 2.88 bits per heavy atom. The summed E-state index contributed by atoms with van der Waals surface area (Å²) in [6.45, 7) is -0.985. The minimum Gasteiger partial charge on any atom is -0.435 e. The van der Waals surface area contributed by atoms with Gasteiger partial charge in [0, 0.05) is 11.3 Å². The van der Waals surface area contributed by atoms with Crippen molar-refractivity contribution in [1.82, 2.24) is 10.2 Å². The molecule has 3 rings (SSSR count). The van der Waals surface area contributed by atoms with Gasteiger partial charge in [0.15, 0.2) is 0 Å². The van der Waals surface area contributed by atoms with E-state index >= 15 is 0 Å². The van der Waals surface area contributed by atoms with E-state index in [2.05, 4.69) is 14.9 Å². The first-order valence-corrected chi connectivity index (χ1v) is 7.75. The minimum absolute atomic E-state index is 0.0143. The molecule has 6 nitrogen and oxygen atoms in total. The molecule has 2 aromatic rings. The van der Waals surface area contributed by atoms with Gasteiger partial charge in [-0.1, -0.05) is 31.5 Å². The predicted octanol–water partition coefficient (Wildman–Crippen LogP) is 3.18. The Morgan fingerprint density at radius 2 is 2.20 bits per heavy atom. The molecule has 2 heterocycles. The van der Waals surface area contributed by atoms with Crippen LogP contribution in [0.2, 0.25) is 0 Å². The second-order valence-electron chi connectivity index (χ2n) is 5.51. The van der Waals surface area contributed by atoms with Crippen molar-refractivity contribution >= 4 is 0 Å². The van der Waals surface area contributed by atoms with Crippen molar-refractivity contribution < 1.29 is 18.3 Å². The number of rotatable bonds is 5. The second-order valence-corrected chi connectivity index (χ2v) is 5.51. The summed E-state index contributed by atoms with van der Waals surface area (Å²) in [4.78, 5) is 0. The first-order chi connectivity index (χ1) is 12.1. The van der Waals surface area contributed by atoms with Gasteiger partial charge in [-0.2, -0.15) is 14.0 Å². The van der Waals surface area contributed by atoms with E-state index in [1.165, 1.54) is 6.07 Å². The maximum Gasteiger partial charge on any atom is 0.387 e. The number of nitriles is 1. The number of fused-ring (bicyclic) bond motifs is 1. The Morgan fingerprint density at radius 1 is 1.44 bits per heavy atom. The third kappa shape index (κ3) is 3.01. The number of allylic oxidation sites excluding steroid dienone is 1. The quantitative estimate of drug-likeness (QED) is 0.867. The van der Waals surface area contributed by atoms with Crippen LogP contribution in [0.25, 0.3) is 0 Å². The van der Waals surface area contributed by atoms with Crippen LogP contribution >= 0.6 is 0 Å². The molecule has 1 aliphatic rings. The van der Waals surface area contributed by atoms with Crippen LogP contribution in [0.15, 0.2) is 35.7 Å². The van der Waals surface area contributed by atoms with Gasteiger partial charge in [0.1, 0.15) is 17.4 Å². The maximum atomic E-state index is 12.8. The molecule has 1 aliphatic heterocycles. The Hall–Kier alpha value is -3.08. The van der Waals surface area contributed by atoms with E-state index in [4.69, 9.17) is 10.5 Å². The van der Waals surface area contributed by atoms with Gasteiger partial charge in [0.2, 0.25) is 11.8 Å². The van der Waals surface area contributed by atoms with Crippen molar-refractivity contribution in [3.8, 4) is 17.7 Å². The van der Waals surface area contributed by atoms with Gasteiger partial charge in [-0.05, 0) is 12.5 Å². The Kier molecular flexibility index (Phi) is 4.57. The second kappa shape index (κ2) is 6.81. The summed E-state index contributed by atoms with van der Waals surface area (Å²) in [5.41, 5.74) is 7.80. The van der Waals surface area contributed by atoms with E-state index in [-0.39, 0.29) is 23.1 Å². The standard InChI is InChI=1S/C17H16F2N4O2/c1-2-5-11-14-13(9-6-3-4-7-12(9)24-17(18)19)10(8-20)15(21)25-16(14)23-22-11/h3-4,6-7,13,17H,2,5,21H2,1H3,(H,22,23)/t13-/m1/s1. The Bertz CT molecular complexity index is 855. The third-order valence-electron chi connectivity index (χ3n) is 3.96. The van der Waals surface area contributed by atoms with Crippen molar-refractivity contribution in [3.05, 3.63) is 52.5 Å². The number of alkyl halides is 2. The number of H-pyrrole nitrogens is 1. The average Bonchev–Trinajstić information content (AvgIpc) is 2.96. The van der Waals surface area contributed by atoms with Crippen LogP contribution < -0.4 is 15.2 Å². The largest absolute Gasteiger partial charge is 0.435 e. The highest BCUT2D eigenvalue weighted by atomic mass is 19.3. The van der Waals surface area contributed by atoms with Crippen LogP contribution in [-0.4, -0.2) is 16.8 Å². The fraction of sp³-hybridized carbons (Fsp3) is 0.294. The molecule has 0 aliphatic carbocycles. The first kappa shape index (κ1) is 16.8. The molecule has 1 atom stereocenters. The zero-order valence-corrected chi connectivity index (χ0v) is 13.4. The number of hydrogen-bond donors (Lipinski definition) is 2. The van der Waals surface area contributed by atoms with E-state index in [1.807, 2.05) is 13.0 Å².